The van der Waals surface area contributed by atoms with Crippen LogP contribution in [-0.4, -0.2) is 76.5 Å². The summed E-state index contributed by atoms with van der Waals surface area (Å²) < 4.78 is 5.52. The third kappa shape index (κ3) is 3.47. The van der Waals surface area contributed by atoms with Crippen LogP contribution in [0.25, 0.3) is 0 Å². The lowest BCUT2D eigenvalue weighted by atomic mass is 9.91. The molecule has 0 aliphatic carbocycles. The maximum absolute atomic E-state index is 12.7. The molecule has 0 bridgehead atoms. The second-order valence-corrected chi connectivity index (χ2v) is 6.03. The Labute approximate surface area is 124 Å². The SMILES string of the molecule is CC1CN(C(=O)N2CCCC(C)C2C(=O)O)CC(CO)O1. The van der Waals surface area contributed by atoms with Gasteiger partial charge in [-0.25, -0.2) is 9.59 Å². The number of hydrogen-bond acceptors (Lipinski definition) is 4. The number of piperidine rings is 1. The molecule has 2 N–H and O–H groups in total. The van der Waals surface area contributed by atoms with Crippen molar-refractivity contribution in [2.24, 2.45) is 5.92 Å². The van der Waals surface area contributed by atoms with Crippen LogP contribution >= 0.6 is 0 Å². The zero-order valence-electron chi connectivity index (χ0n) is 12.6. The Bertz CT molecular complexity index is 403. The van der Waals surface area contributed by atoms with Crippen LogP contribution in [0.15, 0.2) is 0 Å². The highest BCUT2D eigenvalue weighted by atomic mass is 16.5. The zero-order valence-corrected chi connectivity index (χ0v) is 12.6. The van der Waals surface area contributed by atoms with E-state index in [0.29, 0.717) is 19.6 Å². The van der Waals surface area contributed by atoms with E-state index in [0.717, 1.165) is 12.8 Å². The number of morpholine rings is 1. The van der Waals surface area contributed by atoms with Gasteiger partial charge in [0.25, 0.3) is 0 Å². The molecule has 2 saturated heterocycles. The number of ether oxygens (including phenoxy) is 1. The highest BCUT2D eigenvalue weighted by molar-refractivity contribution is 5.83. The van der Waals surface area contributed by atoms with Crippen molar-refractivity contribution in [1.82, 2.24) is 9.80 Å². The minimum absolute atomic E-state index is 0.0488. The molecule has 7 heteroatoms. The highest BCUT2D eigenvalue weighted by Gasteiger charge is 2.40. The molecule has 2 aliphatic heterocycles. The van der Waals surface area contributed by atoms with Gasteiger partial charge in [0, 0.05) is 13.1 Å². The molecule has 2 fully saturated rings. The molecule has 7 nitrogen and oxygen atoms in total. The van der Waals surface area contributed by atoms with Crippen molar-refractivity contribution in [3.8, 4) is 0 Å². The van der Waals surface area contributed by atoms with Crippen molar-refractivity contribution in [2.75, 3.05) is 26.2 Å². The zero-order chi connectivity index (χ0) is 15.6. The molecule has 0 saturated carbocycles. The predicted molar refractivity (Wildman–Crippen MR) is 74.9 cm³/mol. The monoisotopic (exact) mass is 300 g/mol. The van der Waals surface area contributed by atoms with Crippen molar-refractivity contribution in [1.29, 1.82) is 0 Å². The third-order valence-corrected chi connectivity index (χ3v) is 4.23. The molecule has 2 aliphatic rings. The van der Waals surface area contributed by atoms with Crippen LogP contribution in [0, 0.1) is 5.92 Å². The van der Waals surface area contributed by atoms with Gasteiger partial charge in [-0.3, -0.25) is 0 Å². The van der Waals surface area contributed by atoms with Crippen molar-refractivity contribution in [3.05, 3.63) is 0 Å². The number of hydrogen-bond donors (Lipinski definition) is 2. The first-order valence-corrected chi connectivity index (χ1v) is 7.48. The number of nitrogens with zero attached hydrogens (tertiary/aromatic N) is 2. The molecule has 120 valence electrons. The Morgan fingerprint density at radius 2 is 2.00 bits per heavy atom. The number of rotatable bonds is 2. The number of carbonyl (C=O) groups is 2. The van der Waals surface area contributed by atoms with Gasteiger partial charge in [0.1, 0.15) is 6.04 Å². The van der Waals surface area contributed by atoms with Gasteiger partial charge >= 0.3 is 12.0 Å². The molecular formula is C14H24N2O5. The molecule has 2 heterocycles. The first kappa shape index (κ1) is 16.0. The van der Waals surface area contributed by atoms with Gasteiger partial charge in [-0.2, -0.15) is 0 Å². The number of amides is 2. The largest absolute Gasteiger partial charge is 0.480 e. The standard InChI is InChI=1S/C14H24N2O5/c1-9-4-3-5-16(12(9)13(18)19)14(20)15-6-10(2)21-11(7-15)8-17/h9-12,17H,3-8H2,1-2H3,(H,18,19). The summed E-state index contributed by atoms with van der Waals surface area (Å²) in [5.41, 5.74) is 0. The lowest BCUT2D eigenvalue weighted by molar-refractivity contribution is -0.146. The summed E-state index contributed by atoms with van der Waals surface area (Å²) in [7, 11) is 0. The molecule has 2 rings (SSSR count). The smallest absolute Gasteiger partial charge is 0.326 e. The molecule has 0 radical (unpaired) electrons. The van der Waals surface area contributed by atoms with Gasteiger partial charge in [-0.1, -0.05) is 6.92 Å². The normalized spacial score (nSPS) is 33.9. The second kappa shape index (κ2) is 6.62. The fourth-order valence-electron chi connectivity index (χ4n) is 3.26. The van der Waals surface area contributed by atoms with Gasteiger partial charge in [0.15, 0.2) is 0 Å². The molecular weight excluding hydrogens is 276 g/mol. The van der Waals surface area contributed by atoms with E-state index in [-0.39, 0.29) is 24.7 Å². The Morgan fingerprint density at radius 1 is 1.29 bits per heavy atom. The molecule has 4 unspecified atom stereocenters. The Balaban J connectivity index is 2.11. The van der Waals surface area contributed by atoms with Crippen molar-refractivity contribution in [3.63, 3.8) is 0 Å². The van der Waals surface area contributed by atoms with E-state index in [1.54, 1.807) is 4.90 Å². The second-order valence-electron chi connectivity index (χ2n) is 6.03. The van der Waals surface area contributed by atoms with Gasteiger partial charge in [0.2, 0.25) is 0 Å². The van der Waals surface area contributed by atoms with E-state index >= 15 is 0 Å². The first-order chi connectivity index (χ1) is 9.93. The van der Waals surface area contributed by atoms with E-state index in [2.05, 4.69) is 0 Å². The topological polar surface area (TPSA) is 90.3 Å². The van der Waals surface area contributed by atoms with Crippen LogP contribution in [0.5, 0.6) is 0 Å². The molecule has 0 spiro atoms. The van der Waals surface area contributed by atoms with Gasteiger partial charge in [-0.05, 0) is 25.7 Å². The van der Waals surface area contributed by atoms with Crippen LogP contribution < -0.4 is 0 Å². The van der Waals surface area contributed by atoms with E-state index in [4.69, 9.17) is 4.74 Å². The van der Waals surface area contributed by atoms with E-state index in [9.17, 15) is 19.8 Å². The lowest BCUT2D eigenvalue weighted by Crippen LogP contribution is -2.59. The summed E-state index contributed by atoms with van der Waals surface area (Å²) in [6.45, 7) is 4.76. The summed E-state index contributed by atoms with van der Waals surface area (Å²) in [6, 6.07) is -1.03. The van der Waals surface area contributed by atoms with Gasteiger partial charge in [-0.15, -0.1) is 0 Å². The maximum Gasteiger partial charge on any atom is 0.326 e. The van der Waals surface area contributed by atoms with Crippen LogP contribution in [0.4, 0.5) is 4.79 Å². The van der Waals surface area contributed by atoms with Crippen LogP contribution in [0.1, 0.15) is 26.7 Å². The third-order valence-electron chi connectivity index (χ3n) is 4.23. The minimum Gasteiger partial charge on any atom is -0.480 e. The van der Waals surface area contributed by atoms with Crippen LogP contribution in [-0.2, 0) is 9.53 Å². The number of aliphatic hydroxyl groups is 1. The minimum atomic E-state index is -0.949. The quantitative estimate of drug-likeness (QED) is 0.769. The van der Waals surface area contributed by atoms with Crippen LogP contribution in [0.3, 0.4) is 0 Å². The molecule has 0 aromatic heterocycles. The number of urea groups is 1. The number of aliphatic hydroxyl groups excluding tert-OH is 1. The highest BCUT2D eigenvalue weighted by Crippen LogP contribution is 2.25. The predicted octanol–water partition coefficient (Wildman–Crippen LogP) is 0.373. The summed E-state index contributed by atoms with van der Waals surface area (Å²) >= 11 is 0. The lowest BCUT2D eigenvalue weighted by Gasteiger charge is -2.43. The number of carboxylic acids is 1. The van der Waals surface area contributed by atoms with Crippen molar-refractivity contribution < 1.29 is 24.5 Å². The van der Waals surface area contributed by atoms with Crippen LogP contribution in [0.2, 0.25) is 0 Å². The fourth-order valence-corrected chi connectivity index (χ4v) is 3.26. The number of carbonyl (C=O) groups excluding carboxylic acids is 1. The summed E-state index contributed by atoms with van der Waals surface area (Å²) in [4.78, 5) is 27.2. The summed E-state index contributed by atoms with van der Waals surface area (Å²) in [5.74, 6) is -0.997. The molecule has 2 amide bonds. The van der Waals surface area contributed by atoms with Crippen molar-refractivity contribution in [2.45, 2.75) is 44.9 Å². The first-order valence-electron chi connectivity index (χ1n) is 7.48. The Morgan fingerprint density at radius 3 is 2.62 bits per heavy atom. The molecule has 0 aromatic rings. The average molecular weight is 300 g/mol. The number of aliphatic carboxylic acids is 1. The Hall–Kier alpha value is -1.34. The van der Waals surface area contributed by atoms with Crippen molar-refractivity contribution >= 4 is 12.0 Å². The summed E-state index contributed by atoms with van der Waals surface area (Å²) in [6.07, 6.45) is 1.08. The summed E-state index contributed by atoms with van der Waals surface area (Å²) in [5, 5.41) is 18.6. The molecule has 21 heavy (non-hydrogen) atoms. The van der Waals surface area contributed by atoms with E-state index in [1.165, 1.54) is 4.90 Å². The average Bonchev–Trinajstić information content (AvgIpc) is 2.45. The maximum atomic E-state index is 12.7. The fraction of sp³-hybridized carbons (Fsp3) is 0.857. The van der Waals surface area contributed by atoms with E-state index in [1.807, 2.05) is 13.8 Å². The molecule has 0 aromatic carbocycles. The van der Waals surface area contributed by atoms with E-state index < -0.39 is 18.1 Å². The van der Waals surface area contributed by atoms with Gasteiger partial charge in [0.05, 0.1) is 25.4 Å². The van der Waals surface area contributed by atoms with Gasteiger partial charge < -0.3 is 24.7 Å². The Kier molecular flexibility index (Phi) is 5.05. The number of likely N-dealkylation sites (tertiary alicyclic amines) is 1. The molecule has 4 atom stereocenters. The number of carboxylic acid groups (broad SMARTS) is 1.